The molecule has 1 fully saturated rings. The molecule has 1 amide bonds. The minimum absolute atomic E-state index is 0.118. The third-order valence-corrected chi connectivity index (χ3v) is 4.35. The molecular formula is C18H28N2O3. The van der Waals surface area contributed by atoms with Crippen molar-refractivity contribution in [1.82, 2.24) is 4.90 Å². The number of amides is 1. The molecule has 1 aromatic rings. The van der Waals surface area contributed by atoms with Crippen molar-refractivity contribution in [3.63, 3.8) is 0 Å². The molecule has 1 unspecified atom stereocenters. The Kier molecular flexibility index (Phi) is 7.02. The minimum atomic E-state index is -0.443. The molecule has 23 heavy (non-hydrogen) atoms. The predicted molar refractivity (Wildman–Crippen MR) is 91.2 cm³/mol. The SMILES string of the molecule is CCOC(C)C(=O)Nc1cccc(CN2CCC(CO)CC2)c1. The number of piperidine rings is 1. The number of anilines is 1. The zero-order valence-corrected chi connectivity index (χ0v) is 14.1. The number of hydrogen-bond donors (Lipinski definition) is 2. The van der Waals surface area contributed by atoms with E-state index < -0.39 is 6.10 Å². The summed E-state index contributed by atoms with van der Waals surface area (Å²) >= 11 is 0. The summed E-state index contributed by atoms with van der Waals surface area (Å²) in [6, 6.07) is 7.98. The van der Waals surface area contributed by atoms with E-state index in [1.165, 1.54) is 5.56 Å². The van der Waals surface area contributed by atoms with Crippen molar-refractivity contribution < 1.29 is 14.6 Å². The first-order valence-electron chi connectivity index (χ1n) is 8.47. The van der Waals surface area contributed by atoms with E-state index in [0.29, 0.717) is 19.1 Å². The zero-order chi connectivity index (χ0) is 16.7. The van der Waals surface area contributed by atoms with E-state index in [1.54, 1.807) is 6.92 Å². The topological polar surface area (TPSA) is 61.8 Å². The van der Waals surface area contributed by atoms with Crippen LogP contribution in [0.4, 0.5) is 5.69 Å². The fourth-order valence-corrected chi connectivity index (χ4v) is 2.90. The highest BCUT2D eigenvalue weighted by Crippen LogP contribution is 2.19. The summed E-state index contributed by atoms with van der Waals surface area (Å²) in [6.45, 7) is 7.37. The smallest absolute Gasteiger partial charge is 0.253 e. The quantitative estimate of drug-likeness (QED) is 0.809. The number of carbonyl (C=O) groups is 1. The third-order valence-electron chi connectivity index (χ3n) is 4.35. The van der Waals surface area contributed by atoms with Gasteiger partial charge in [-0.05, 0) is 63.4 Å². The Labute approximate surface area is 138 Å². The molecule has 0 bridgehead atoms. The van der Waals surface area contributed by atoms with Gasteiger partial charge in [0, 0.05) is 25.4 Å². The van der Waals surface area contributed by atoms with E-state index in [0.717, 1.165) is 38.2 Å². The van der Waals surface area contributed by atoms with Crippen LogP contribution in [-0.4, -0.2) is 48.3 Å². The number of carbonyl (C=O) groups excluding carboxylic acids is 1. The molecule has 0 radical (unpaired) electrons. The number of rotatable bonds is 7. The van der Waals surface area contributed by atoms with Gasteiger partial charge < -0.3 is 15.2 Å². The van der Waals surface area contributed by atoms with Crippen LogP contribution in [0, 0.1) is 5.92 Å². The van der Waals surface area contributed by atoms with Gasteiger partial charge in [0.2, 0.25) is 0 Å². The summed E-state index contributed by atoms with van der Waals surface area (Å²) < 4.78 is 5.31. The van der Waals surface area contributed by atoms with Gasteiger partial charge in [0.25, 0.3) is 5.91 Å². The van der Waals surface area contributed by atoms with Crippen LogP contribution in [0.3, 0.4) is 0 Å². The molecule has 128 valence electrons. The molecule has 1 aliphatic rings. The average Bonchev–Trinajstić information content (AvgIpc) is 2.56. The van der Waals surface area contributed by atoms with Crippen molar-refractivity contribution in [1.29, 1.82) is 0 Å². The van der Waals surface area contributed by atoms with Crippen LogP contribution in [0.2, 0.25) is 0 Å². The summed E-state index contributed by atoms with van der Waals surface area (Å²) in [7, 11) is 0. The van der Waals surface area contributed by atoms with Crippen molar-refractivity contribution in [3.05, 3.63) is 29.8 Å². The number of likely N-dealkylation sites (tertiary alicyclic amines) is 1. The molecule has 1 aromatic carbocycles. The van der Waals surface area contributed by atoms with Gasteiger partial charge in [-0.2, -0.15) is 0 Å². The van der Waals surface area contributed by atoms with Gasteiger partial charge in [-0.3, -0.25) is 9.69 Å². The maximum atomic E-state index is 12.0. The molecule has 1 saturated heterocycles. The molecular weight excluding hydrogens is 292 g/mol. The summed E-state index contributed by atoms with van der Waals surface area (Å²) in [6.07, 6.45) is 1.67. The van der Waals surface area contributed by atoms with E-state index in [9.17, 15) is 9.90 Å². The lowest BCUT2D eigenvalue weighted by Crippen LogP contribution is -2.34. The highest BCUT2D eigenvalue weighted by atomic mass is 16.5. The Morgan fingerprint density at radius 2 is 2.17 bits per heavy atom. The van der Waals surface area contributed by atoms with Gasteiger partial charge in [0.05, 0.1) is 0 Å². The second-order valence-electron chi connectivity index (χ2n) is 6.19. The summed E-state index contributed by atoms with van der Waals surface area (Å²) in [5, 5.41) is 12.1. The van der Waals surface area contributed by atoms with Crippen molar-refractivity contribution in [2.24, 2.45) is 5.92 Å². The van der Waals surface area contributed by atoms with Gasteiger partial charge in [-0.25, -0.2) is 0 Å². The predicted octanol–water partition coefficient (Wildman–Crippen LogP) is 2.25. The molecule has 1 aliphatic heterocycles. The maximum Gasteiger partial charge on any atom is 0.253 e. The monoisotopic (exact) mass is 320 g/mol. The summed E-state index contributed by atoms with van der Waals surface area (Å²) in [5.74, 6) is 0.338. The second-order valence-corrected chi connectivity index (χ2v) is 6.19. The number of ether oxygens (including phenoxy) is 1. The first-order chi connectivity index (χ1) is 11.1. The van der Waals surface area contributed by atoms with Crippen molar-refractivity contribution in [2.45, 2.75) is 39.3 Å². The summed E-state index contributed by atoms with van der Waals surface area (Å²) in [5.41, 5.74) is 2.00. The second kappa shape index (κ2) is 9.01. The van der Waals surface area contributed by atoms with Crippen LogP contribution in [0.1, 0.15) is 32.3 Å². The average molecular weight is 320 g/mol. The molecule has 5 heteroatoms. The molecule has 0 aliphatic carbocycles. The number of aliphatic hydroxyl groups is 1. The Bertz CT molecular complexity index is 499. The van der Waals surface area contributed by atoms with Crippen LogP contribution < -0.4 is 5.32 Å². The highest BCUT2D eigenvalue weighted by Gasteiger charge is 2.18. The molecule has 2 N–H and O–H groups in total. The Hall–Kier alpha value is -1.43. The van der Waals surface area contributed by atoms with Gasteiger partial charge in [-0.1, -0.05) is 12.1 Å². The van der Waals surface area contributed by atoms with Crippen LogP contribution in [-0.2, 0) is 16.1 Å². The molecule has 5 nitrogen and oxygen atoms in total. The number of hydrogen-bond acceptors (Lipinski definition) is 4. The lowest BCUT2D eigenvalue weighted by Gasteiger charge is -2.31. The lowest BCUT2D eigenvalue weighted by molar-refractivity contribution is -0.126. The fourth-order valence-electron chi connectivity index (χ4n) is 2.90. The van der Waals surface area contributed by atoms with Crippen molar-refractivity contribution in [3.8, 4) is 0 Å². The zero-order valence-electron chi connectivity index (χ0n) is 14.1. The summed E-state index contributed by atoms with van der Waals surface area (Å²) in [4.78, 5) is 14.4. The number of benzene rings is 1. The normalized spacial score (nSPS) is 17.9. The third kappa shape index (κ3) is 5.61. The van der Waals surface area contributed by atoms with Crippen LogP contribution in [0.15, 0.2) is 24.3 Å². The largest absolute Gasteiger partial charge is 0.396 e. The first-order valence-corrected chi connectivity index (χ1v) is 8.47. The van der Waals surface area contributed by atoms with Gasteiger partial charge in [0.1, 0.15) is 6.10 Å². The van der Waals surface area contributed by atoms with E-state index in [-0.39, 0.29) is 5.91 Å². The minimum Gasteiger partial charge on any atom is -0.396 e. The van der Waals surface area contributed by atoms with Gasteiger partial charge in [-0.15, -0.1) is 0 Å². The fraction of sp³-hybridized carbons (Fsp3) is 0.611. The van der Waals surface area contributed by atoms with E-state index in [1.807, 2.05) is 25.1 Å². The van der Waals surface area contributed by atoms with Crippen LogP contribution in [0.5, 0.6) is 0 Å². The van der Waals surface area contributed by atoms with Gasteiger partial charge in [0.15, 0.2) is 0 Å². The van der Waals surface area contributed by atoms with Crippen LogP contribution >= 0.6 is 0 Å². The van der Waals surface area contributed by atoms with Crippen LogP contribution in [0.25, 0.3) is 0 Å². The number of nitrogens with one attached hydrogen (secondary N) is 1. The molecule has 0 spiro atoms. The Morgan fingerprint density at radius 3 is 2.83 bits per heavy atom. The first kappa shape index (κ1) is 17.9. The molecule has 1 atom stereocenters. The number of nitrogens with zero attached hydrogens (tertiary/aromatic N) is 1. The lowest BCUT2D eigenvalue weighted by atomic mass is 9.97. The maximum absolute atomic E-state index is 12.0. The highest BCUT2D eigenvalue weighted by molar-refractivity contribution is 5.93. The standard InChI is InChI=1S/C18H28N2O3/c1-3-23-14(2)18(22)19-17-6-4-5-16(11-17)12-20-9-7-15(13-21)8-10-20/h4-6,11,14-15,21H,3,7-10,12-13H2,1-2H3,(H,19,22). The van der Waals surface area contributed by atoms with E-state index in [4.69, 9.17) is 4.74 Å². The molecule has 2 rings (SSSR count). The van der Waals surface area contributed by atoms with Gasteiger partial charge >= 0.3 is 0 Å². The molecule has 0 aromatic heterocycles. The van der Waals surface area contributed by atoms with E-state index >= 15 is 0 Å². The Balaban J connectivity index is 1.88. The van der Waals surface area contributed by atoms with Crippen molar-refractivity contribution in [2.75, 3.05) is 31.6 Å². The number of aliphatic hydroxyl groups excluding tert-OH is 1. The molecule has 0 saturated carbocycles. The molecule has 1 heterocycles. The van der Waals surface area contributed by atoms with E-state index in [2.05, 4.69) is 16.3 Å². The Morgan fingerprint density at radius 1 is 1.43 bits per heavy atom. The van der Waals surface area contributed by atoms with Crippen molar-refractivity contribution >= 4 is 11.6 Å².